The highest BCUT2D eigenvalue weighted by atomic mass is 32.1. The lowest BCUT2D eigenvalue weighted by Crippen LogP contribution is -2.14. The van der Waals surface area contributed by atoms with Gasteiger partial charge >= 0.3 is 0 Å². The van der Waals surface area contributed by atoms with E-state index < -0.39 is 0 Å². The number of rotatable bonds is 8. The van der Waals surface area contributed by atoms with Gasteiger partial charge in [0.1, 0.15) is 5.01 Å². The highest BCUT2D eigenvalue weighted by molar-refractivity contribution is 7.15. The second-order valence-electron chi connectivity index (χ2n) is 5.22. The number of aryl methyl sites for hydroxylation is 1. The molecule has 21 heavy (non-hydrogen) atoms. The van der Waals surface area contributed by atoms with Crippen molar-refractivity contribution in [3.63, 3.8) is 0 Å². The third-order valence-corrected chi connectivity index (χ3v) is 4.50. The number of thiazole rings is 1. The zero-order valence-electron chi connectivity index (χ0n) is 13.1. The number of aromatic nitrogens is 1. The summed E-state index contributed by atoms with van der Waals surface area (Å²) in [5.74, 6) is 0. The van der Waals surface area contributed by atoms with Crippen LogP contribution in [0.5, 0.6) is 0 Å². The van der Waals surface area contributed by atoms with Crippen LogP contribution in [0.25, 0.3) is 10.6 Å². The maximum atomic E-state index is 5.28. The van der Waals surface area contributed by atoms with E-state index in [0.717, 1.165) is 23.8 Å². The van der Waals surface area contributed by atoms with Crippen LogP contribution in [0.4, 0.5) is 0 Å². The Hall–Kier alpha value is -1.23. The molecule has 0 atom stereocenters. The first kappa shape index (κ1) is 16.1. The number of nitrogens with one attached hydrogen (secondary N) is 1. The average molecular weight is 304 g/mol. The molecule has 0 saturated heterocycles. The monoisotopic (exact) mass is 304 g/mol. The van der Waals surface area contributed by atoms with Gasteiger partial charge < -0.3 is 10.1 Å². The predicted molar refractivity (Wildman–Crippen MR) is 89.6 cm³/mol. The minimum Gasteiger partial charge on any atom is -0.378 e. The van der Waals surface area contributed by atoms with Crippen molar-refractivity contribution in [3.05, 3.63) is 40.4 Å². The molecule has 0 saturated carbocycles. The molecule has 0 fully saturated rings. The summed E-state index contributed by atoms with van der Waals surface area (Å²) in [6.45, 7) is 6.82. The molecule has 0 aliphatic rings. The predicted octanol–water partition coefficient (Wildman–Crippen LogP) is 4.15. The first-order valence-corrected chi connectivity index (χ1v) is 8.31. The SMILES string of the molecule is CCCCNCc1sc(-c2ccc(C)cc2)nc1COC. The van der Waals surface area contributed by atoms with Crippen molar-refractivity contribution in [2.24, 2.45) is 0 Å². The van der Waals surface area contributed by atoms with Gasteiger partial charge in [-0.05, 0) is 19.9 Å². The first-order valence-electron chi connectivity index (χ1n) is 7.50. The second kappa shape index (κ2) is 8.27. The number of hydrogen-bond donors (Lipinski definition) is 1. The number of benzene rings is 1. The van der Waals surface area contributed by atoms with Crippen LogP contribution in [-0.4, -0.2) is 18.6 Å². The summed E-state index contributed by atoms with van der Waals surface area (Å²) in [5.41, 5.74) is 3.51. The van der Waals surface area contributed by atoms with E-state index in [1.54, 1.807) is 18.4 Å². The van der Waals surface area contributed by atoms with Crippen LogP contribution in [0.15, 0.2) is 24.3 Å². The highest BCUT2D eigenvalue weighted by Gasteiger charge is 2.12. The summed E-state index contributed by atoms with van der Waals surface area (Å²) in [7, 11) is 1.72. The molecule has 0 aliphatic carbocycles. The maximum Gasteiger partial charge on any atom is 0.124 e. The van der Waals surface area contributed by atoms with Crippen molar-refractivity contribution >= 4 is 11.3 Å². The van der Waals surface area contributed by atoms with Crippen LogP contribution in [0.2, 0.25) is 0 Å². The molecule has 4 heteroatoms. The number of nitrogens with zero attached hydrogens (tertiary/aromatic N) is 1. The van der Waals surface area contributed by atoms with Crippen LogP contribution in [-0.2, 0) is 17.9 Å². The molecule has 2 aromatic rings. The number of methoxy groups -OCH3 is 1. The van der Waals surface area contributed by atoms with Crippen LogP contribution >= 0.6 is 11.3 Å². The normalized spacial score (nSPS) is 11.0. The summed E-state index contributed by atoms with van der Waals surface area (Å²) < 4.78 is 5.28. The van der Waals surface area contributed by atoms with E-state index in [1.807, 2.05) is 0 Å². The van der Waals surface area contributed by atoms with Crippen molar-refractivity contribution in [1.82, 2.24) is 10.3 Å². The standard InChI is InChI=1S/C17H24N2OS/c1-4-5-10-18-11-16-15(12-20-3)19-17(21-16)14-8-6-13(2)7-9-14/h6-9,18H,4-5,10-12H2,1-3H3. The Morgan fingerprint density at radius 2 is 2.00 bits per heavy atom. The lowest BCUT2D eigenvalue weighted by Gasteiger charge is -2.03. The minimum absolute atomic E-state index is 0.577. The summed E-state index contributed by atoms with van der Waals surface area (Å²) in [6.07, 6.45) is 2.43. The molecular weight excluding hydrogens is 280 g/mol. The number of unbranched alkanes of at least 4 members (excludes halogenated alkanes) is 1. The van der Waals surface area contributed by atoms with E-state index in [-0.39, 0.29) is 0 Å². The Morgan fingerprint density at radius 3 is 2.67 bits per heavy atom. The highest BCUT2D eigenvalue weighted by Crippen LogP contribution is 2.28. The lowest BCUT2D eigenvalue weighted by atomic mass is 10.2. The van der Waals surface area contributed by atoms with Gasteiger partial charge in [0, 0.05) is 24.1 Å². The quantitative estimate of drug-likeness (QED) is 0.744. The van der Waals surface area contributed by atoms with Crippen LogP contribution in [0, 0.1) is 6.92 Å². The summed E-state index contributed by atoms with van der Waals surface area (Å²) in [6, 6.07) is 8.54. The fraction of sp³-hybridized carbons (Fsp3) is 0.471. The molecule has 1 heterocycles. The van der Waals surface area contributed by atoms with E-state index in [9.17, 15) is 0 Å². The van der Waals surface area contributed by atoms with Gasteiger partial charge in [-0.2, -0.15) is 0 Å². The van der Waals surface area contributed by atoms with Crippen LogP contribution in [0.3, 0.4) is 0 Å². The largest absolute Gasteiger partial charge is 0.378 e. The van der Waals surface area contributed by atoms with Gasteiger partial charge in [0.05, 0.1) is 12.3 Å². The van der Waals surface area contributed by atoms with Crippen molar-refractivity contribution in [3.8, 4) is 10.6 Å². The molecule has 0 aliphatic heterocycles. The van der Waals surface area contributed by atoms with Gasteiger partial charge in [-0.1, -0.05) is 43.2 Å². The molecule has 0 radical (unpaired) electrons. The zero-order chi connectivity index (χ0) is 15.1. The van der Waals surface area contributed by atoms with E-state index in [4.69, 9.17) is 9.72 Å². The Labute approximate surface area is 131 Å². The molecule has 0 bridgehead atoms. The summed E-state index contributed by atoms with van der Waals surface area (Å²) in [5, 5.41) is 4.57. The summed E-state index contributed by atoms with van der Waals surface area (Å²) in [4.78, 5) is 6.03. The van der Waals surface area contributed by atoms with Crippen LogP contribution in [0.1, 0.15) is 35.9 Å². The Bertz CT molecular complexity index is 548. The van der Waals surface area contributed by atoms with Crippen molar-refractivity contribution in [2.75, 3.05) is 13.7 Å². The third-order valence-electron chi connectivity index (χ3n) is 3.35. The molecule has 0 spiro atoms. The molecule has 1 aromatic heterocycles. The Morgan fingerprint density at radius 1 is 1.24 bits per heavy atom. The smallest absolute Gasteiger partial charge is 0.124 e. The van der Waals surface area contributed by atoms with Crippen LogP contribution < -0.4 is 5.32 Å². The van der Waals surface area contributed by atoms with Gasteiger partial charge in [-0.3, -0.25) is 0 Å². The molecular formula is C17H24N2OS. The maximum absolute atomic E-state index is 5.28. The van der Waals surface area contributed by atoms with Crippen molar-refractivity contribution in [1.29, 1.82) is 0 Å². The van der Waals surface area contributed by atoms with Gasteiger partial charge in [-0.15, -0.1) is 11.3 Å². The van der Waals surface area contributed by atoms with E-state index in [2.05, 4.69) is 43.4 Å². The fourth-order valence-corrected chi connectivity index (χ4v) is 3.13. The molecule has 2 rings (SSSR count). The third kappa shape index (κ3) is 4.63. The van der Waals surface area contributed by atoms with E-state index in [1.165, 1.54) is 28.8 Å². The fourth-order valence-electron chi connectivity index (χ4n) is 2.09. The Balaban J connectivity index is 2.13. The van der Waals surface area contributed by atoms with Gasteiger partial charge in [-0.25, -0.2) is 4.98 Å². The lowest BCUT2D eigenvalue weighted by molar-refractivity contribution is 0.181. The number of ether oxygens (including phenoxy) is 1. The second-order valence-corrected chi connectivity index (χ2v) is 6.30. The average Bonchev–Trinajstić information content (AvgIpc) is 2.88. The molecule has 0 unspecified atom stereocenters. The summed E-state index contributed by atoms with van der Waals surface area (Å²) >= 11 is 1.76. The molecule has 3 nitrogen and oxygen atoms in total. The van der Waals surface area contributed by atoms with Gasteiger partial charge in [0.25, 0.3) is 0 Å². The number of hydrogen-bond acceptors (Lipinski definition) is 4. The van der Waals surface area contributed by atoms with Gasteiger partial charge in [0.15, 0.2) is 0 Å². The molecule has 1 aromatic carbocycles. The van der Waals surface area contributed by atoms with E-state index in [0.29, 0.717) is 6.61 Å². The Kier molecular flexibility index (Phi) is 6.36. The van der Waals surface area contributed by atoms with Crippen molar-refractivity contribution < 1.29 is 4.74 Å². The topological polar surface area (TPSA) is 34.2 Å². The minimum atomic E-state index is 0.577. The van der Waals surface area contributed by atoms with Crippen molar-refractivity contribution in [2.45, 2.75) is 39.8 Å². The van der Waals surface area contributed by atoms with E-state index >= 15 is 0 Å². The molecule has 1 N–H and O–H groups in total. The molecule has 0 amide bonds. The zero-order valence-corrected chi connectivity index (χ0v) is 13.9. The van der Waals surface area contributed by atoms with Gasteiger partial charge in [0.2, 0.25) is 0 Å². The molecule has 114 valence electrons. The first-order chi connectivity index (χ1) is 10.2.